The molecule has 2 aromatic rings. The summed E-state index contributed by atoms with van der Waals surface area (Å²) in [6.07, 6.45) is 0. The zero-order chi connectivity index (χ0) is 14.0. The van der Waals surface area contributed by atoms with Crippen LogP contribution in [0.3, 0.4) is 0 Å². The molecule has 0 heterocycles. The predicted molar refractivity (Wildman–Crippen MR) is 77.3 cm³/mol. The van der Waals surface area contributed by atoms with E-state index in [4.69, 9.17) is 0 Å². The molecule has 4 heteroatoms. The molecule has 0 bridgehead atoms. The van der Waals surface area contributed by atoms with Crippen LogP contribution in [0.25, 0.3) is 0 Å². The summed E-state index contributed by atoms with van der Waals surface area (Å²) in [5, 5.41) is 3.17. The number of hydrogen-bond donors (Lipinski definition) is 1. The standard InChI is InChI=1S/C15H14BrF2N/c1-9-5-12(16)6-10(2)15(9)19-8-11-7-13(17)3-4-14(11)18/h3-7,19H,8H2,1-2H3. The van der Waals surface area contributed by atoms with Crippen molar-refractivity contribution in [3.63, 3.8) is 0 Å². The Morgan fingerprint density at radius 2 is 1.68 bits per heavy atom. The second-order valence-electron chi connectivity index (χ2n) is 4.50. The lowest BCUT2D eigenvalue weighted by Gasteiger charge is -2.14. The SMILES string of the molecule is Cc1cc(Br)cc(C)c1NCc1cc(F)ccc1F. The number of halogens is 3. The minimum atomic E-state index is -0.428. The van der Waals surface area contributed by atoms with Crippen LogP contribution in [0.4, 0.5) is 14.5 Å². The normalized spacial score (nSPS) is 10.6. The van der Waals surface area contributed by atoms with Crippen LogP contribution in [0.15, 0.2) is 34.8 Å². The molecule has 0 saturated heterocycles. The Kier molecular flexibility index (Phi) is 4.20. The highest BCUT2D eigenvalue weighted by Gasteiger charge is 2.07. The maximum Gasteiger partial charge on any atom is 0.128 e. The molecule has 0 spiro atoms. The van der Waals surface area contributed by atoms with Gasteiger partial charge in [0.25, 0.3) is 0 Å². The minimum absolute atomic E-state index is 0.257. The second kappa shape index (κ2) is 5.70. The summed E-state index contributed by atoms with van der Waals surface area (Å²) in [5.41, 5.74) is 3.39. The van der Waals surface area contributed by atoms with Crippen molar-refractivity contribution in [3.05, 3.63) is 63.1 Å². The highest BCUT2D eigenvalue weighted by molar-refractivity contribution is 9.10. The first-order chi connectivity index (χ1) is 8.97. The fourth-order valence-electron chi connectivity index (χ4n) is 2.05. The number of benzene rings is 2. The molecular formula is C15H14BrF2N. The number of rotatable bonds is 3. The number of hydrogen-bond acceptors (Lipinski definition) is 1. The summed E-state index contributed by atoms with van der Waals surface area (Å²) < 4.78 is 27.6. The van der Waals surface area contributed by atoms with Gasteiger partial charge in [0.2, 0.25) is 0 Å². The molecule has 19 heavy (non-hydrogen) atoms. The molecule has 0 aliphatic heterocycles. The van der Waals surface area contributed by atoms with E-state index < -0.39 is 11.6 Å². The molecule has 0 aliphatic rings. The van der Waals surface area contributed by atoms with E-state index in [1.54, 1.807) is 0 Å². The van der Waals surface area contributed by atoms with Crippen molar-refractivity contribution in [3.8, 4) is 0 Å². The van der Waals surface area contributed by atoms with Crippen molar-refractivity contribution < 1.29 is 8.78 Å². The van der Waals surface area contributed by atoms with E-state index in [0.717, 1.165) is 33.4 Å². The average Bonchev–Trinajstić information content (AvgIpc) is 2.32. The molecule has 0 unspecified atom stereocenters. The van der Waals surface area contributed by atoms with Crippen LogP contribution in [-0.2, 0) is 6.54 Å². The van der Waals surface area contributed by atoms with E-state index in [-0.39, 0.29) is 6.54 Å². The first kappa shape index (κ1) is 14.0. The number of aryl methyl sites for hydroxylation is 2. The van der Waals surface area contributed by atoms with Crippen molar-refractivity contribution in [2.75, 3.05) is 5.32 Å². The number of nitrogens with one attached hydrogen (secondary N) is 1. The third-order valence-electron chi connectivity index (χ3n) is 2.96. The van der Waals surface area contributed by atoms with Crippen LogP contribution in [0.1, 0.15) is 16.7 Å². The molecule has 0 atom stereocenters. The molecule has 0 aliphatic carbocycles. The summed E-state index contributed by atoms with van der Waals surface area (Å²) in [7, 11) is 0. The fourth-order valence-corrected chi connectivity index (χ4v) is 2.74. The second-order valence-corrected chi connectivity index (χ2v) is 5.42. The van der Waals surface area contributed by atoms with Gasteiger partial charge in [-0.25, -0.2) is 8.78 Å². The van der Waals surface area contributed by atoms with E-state index in [9.17, 15) is 8.78 Å². The largest absolute Gasteiger partial charge is 0.380 e. The van der Waals surface area contributed by atoms with Crippen LogP contribution >= 0.6 is 15.9 Å². The van der Waals surface area contributed by atoms with Crippen molar-refractivity contribution in [1.82, 2.24) is 0 Å². The number of anilines is 1. The molecule has 100 valence electrons. The van der Waals surface area contributed by atoms with E-state index in [0.29, 0.717) is 5.56 Å². The maximum atomic E-state index is 13.5. The van der Waals surface area contributed by atoms with Gasteiger partial charge in [-0.2, -0.15) is 0 Å². The summed E-state index contributed by atoms with van der Waals surface area (Å²) in [6.45, 7) is 4.21. The summed E-state index contributed by atoms with van der Waals surface area (Å²) >= 11 is 3.43. The molecule has 0 radical (unpaired) electrons. The maximum absolute atomic E-state index is 13.5. The van der Waals surface area contributed by atoms with Gasteiger partial charge in [-0.1, -0.05) is 15.9 Å². The summed E-state index contributed by atoms with van der Waals surface area (Å²) in [4.78, 5) is 0. The molecular weight excluding hydrogens is 312 g/mol. The van der Waals surface area contributed by atoms with Crippen LogP contribution in [0.2, 0.25) is 0 Å². The van der Waals surface area contributed by atoms with Gasteiger partial charge in [-0.3, -0.25) is 0 Å². The topological polar surface area (TPSA) is 12.0 Å². The van der Waals surface area contributed by atoms with Crippen LogP contribution < -0.4 is 5.32 Å². The van der Waals surface area contributed by atoms with Crippen molar-refractivity contribution in [1.29, 1.82) is 0 Å². The zero-order valence-electron chi connectivity index (χ0n) is 10.7. The molecule has 0 saturated carbocycles. The lowest BCUT2D eigenvalue weighted by Crippen LogP contribution is -2.05. The Labute approximate surface area is 119 Å². The lowest BCUT2D eigenvalue weighted by atomic mass is 10.1. The van der Waals surface area contributed by atoms with Crippen molar-refractivity contribution in [2.24, 2.45) is 0 Å². The van der Waals surface area contributed by atoms with Gasteiger partial charge >= 0.3 is 0 Å². The van der Waals surface area contributed by atoms with E-state index in [2.05, 4.69) is 21.2 Å². The van der Waals surface area contributed by atoms with E-state index in [1.165, 1.54) is 6.07 Å². The zero-order valence-corrected chi connectivity index (χ0v) is 12.3. The van der Waals surface area contributed by atoms with Crippen molar-refractivity contribution >= 4 is 21.6 Å². The molecule has 2 rings (SSSR count). The lowest BCUT2D eigenvalue weighted by molar-refractivity contribution is 0.587. The van der Waals surface area contributed by atoms with Crippen LogP contribution in [-0.4, -0.2) is 0 Å². The molecule has 0 amide bonds. The van der Waals surface area contributed by atoms with E-state index >= 15 is 0 Å². The Hall–Kier alpha value is -1.42. The Morgan fingerprint density at radius 1 is 1.05 bits per heavy atom. The van der Waals surface area contributed by atoms with E-state index in [1.807, 2.05) is 26.0 Å². The third-order valence-corrected chi connectivity index (χ3v) is 3.42. The minimum Gasteiger partial charge on any atom is -0.380 e. The molecule has 0 fully saturated rings. The highest BCUT2D eigenvalue weighted by Crippen LogP contribution is 2.25. The Bertz CT molecular complexity index is 588. The monoisotopic (exact) mass is 325 g/mol. The van der Waals surface area contributed by atoms with Gasteiger partial charge in [0, 0.05) is 22.3 Å². The molecule has 0 aromatic heterocycles. The summed E-state index contributed by atoms with van der Waals surface area (Å²) in [6, 6.07) is 7.45. The van der Waals surface area contributed by atoms with Gasteiger partial charge in [0.1, 0.15) is 11.6 Å². The predicted octanol–water partition coefficient (Wildman–Crippen LogP) is 4.96. The third kappa shape index (κ3) is 3.32. The molecule has 1 N–H and O–H groups in total. The first-order valence-corrected chi connectivity index (χ1v) is 6.71. The first-order valence-electron chi connectivity index (χ1n) is 5.92. The average molecular weight is 326 g/mol. The molecule has 1 nitrogen and oxygen atoms in total. The highest BCUT2D eigenvalue weighted by atomic mass is 79.9. The van der Waals surface area contributed by atoms with Gasteiger partial charge in [0.05, 0.1) is 0 Å². The van der Waals surface area contributed by atoms with Crippen LogP contribution in [0.5, 0.6) is 0 Å². The van der Waals surface area contributed by atoms with Gasteiger partial charge in [-0.05, 0) is 55.3 Å². The fraction of sp³-hybridized carbons (Fsp3) is 0.200. The Morgan fingerprint density at radius 3 is 2.32 bits per heavy atom. The van der Waals surface area contributed by atoms with Crippen molar-refractivity contribution in [2.45, 2.75) is 20.4 Å². The quantitative estimate of drug-likeness (QED) is 0.841. The van der Waals surface area contributed by atoms with Gasteiger partial charge in [0.15, 0.2) is 0 Å². The Balaban J connectivity index is 2.21. The molecule has 2 aromatic carbocycles. The summed E-state index contributed by atoms with van der Waals surface area (Å²) in [5.74, 6) is -0.830. The van der Waals surface area contributed by atoms with Gasteiger partial charge in [-0.15, -0.1) is 0 Å². The van der Waals surface area contributed by atoms with Crippen LogP contribution in [0, 0.1) is 25.5 Å². The van der Waals surface area contributed by atoms with Gasteiger partial charge < -0.3 is 5.32 Å². The smallest absolute Gasteiger partial charge is 0.128 e.